The maximum absolute atomic E-state index is 6.09. The van der Waals surface area contributed by atoms with E-state index in [0.717, 1.165) is 37.0 Å². The molecule has 3 heteroatoms. The van der Waals surface area contributed by atoms with Crippen LogP contribution in [-0.4, -0.2) is 19.7 Å². The fraction of sp³-hybridized carbons (Fsp3) is 0.647. The fourth-order valence-electron chi connectivity index (χ4n) is 2.14. The lowest BCUT2D eigenvalue weighted by molar-refractivity contribution is 0.0499. The molecule has 0 saturated heterocycles. The lowest BCUT2D eigenvalue weighted by Crippen LogP contribution is -2.24. The fourth-order valence-corrected chi connectivity index (χ4v) is 2.56. The highest BCUT2D eigenvalue weighted by atomic mass is 79.9. The molecule has 0 amide bonds. The molecule has 0 fully saturated rings. The normalized spacial score (nSPS) is 12.6. The Morgan fingerprint density at radius 1 is 1.15 bits per heavy atom. The Hall–Kier alpha value is -0.380. The Balaban J connectivity index is 2.47. The average molecular weight is 342 g/mol. The number of halogens is 1. The second-order valence-corrected chi connectivity index (χ2v) is 6.09. The maximum atomic E-state index is 6.09. The number of hydrogen-bond donors (Lipinski definition) is 1. The second-order valence-electron chi connectivity index (χ2n) is 5.18. The van der Waals surface area contributed by atoms with Gasteiger partial charge >= 0.3 is 0 Å². The van der Waals surface area contributed by atoms with E-state index in [-0.39, 0.29) is 6.10 Å². The summed E-state index contributed by atoms with van der Waals surface area (Å²) in [6.07, 6.45) is 6.31. The van der Waals surface area contributed by atoms with Crippen LogP contribution in [0.5, 0.6) is 0 Å². The van der Waals surface area contributed by atoms with Crippen molar-refractivity contribution in [3.8, 4) is 0 Å². The molecule has 0 bridgehead atoms. The van der Waals surface area contributed by atoms with Gasteiger partial charge in [-0.05, 0) is 37.1 Å². The Morgan fingerprint density at radius 3 is 2.70 bits per heavy atom. The smallest absolute Gasteiger partial charge is 0.0949 e. The van der Waals surface area contributed by atoms with Crippen molar-refractivity contribution in [1.82, 2.24) is 5.32 Å². The van der Waals surface area contributed by atoms with Crippen LogP contribution in [0.2, 0.25) is 0 Å². The van der Waals surface area contributed by atoms with Crippen molar-refractivity contribution in [1.29, 1.82) is 0 Å². The van der Waals surface area contributed by atoms with Crippen LogP contribution >= 0.6 is 15.9 Å². The van der Waals surface area contributed by atoms with Crippen LogP contribution in [0.25, 0.3) is 0 Å². The van der Waals surface area contributed by atoms with Crippen LogP contribution in [0.15, 0.2) is 28.7 Å². The molecule has 1 N–H and O–H groups in total. The number of nitrogens with one attached hydrogen (secondary N) is 1. The van der Waals surface area contributed by atoms with E-state index in [0.29, 0.717) is 0 Å². The minimum atomic E-state index is 0.153. The minimum Gasteiger partial charge on any atom is -0.372 e. The SMILES string of the molecule is CCCCCCOC(CNCCC)c1cccc(Br)c1. The van der Waals surface area contributed by atoms with Gasteiger partial charge in [0.2, 0.25) is 0 Å². The van der Waals surface area contributed by atoms with Crippen LogP contribution < -0.4 is 5.32 Å². The first-order chi connectivity index (χ1) is 9.77. The molecule has 0 aliphatic carbocycles. The van der Waals surface area contributed by atoms with Gasteiger partial charge in [0.05, 0.1) is 6.10 Å². The van der Waals surface area contributed by atoms with E-state index >= 15 is 0 Å². The number of unbranched alkanes of at least 4 members (excludes halogenated alkanes) is 3. The first-order valence-corrected chi connectivity index (χ1v) is 8.65. The number of hydrogen-bond acceptors (Lipinski definition) is 2. The van der Waals surface area contributed by atoms with Crippen molar-refractivity contribution < 1.29 is 4.74 Å². The van der Waals surface area contributed by atoms with Gasteiger partial charge < -0.3 is 10.1 Å². The molecule has 1 rings (SSSR count). The molecule has 0 saturated carbocycles. The lowest BCUT2D eigenvalue weighted by atomic mass is 10.1. The zero-order chi connectivity index (χ0) is 14.6. The summed E-state index contributed by atoms with van der Waals surface area (Å²) >= 11 is 3.54. The van der Waals surface area contributed by atoms with Crippen LogP contribution in [0.1, 0.15) is 57.6 Å². The molecule has 0 aromatic heterocycles. The van der Waals surface area contributed by atoms with E-state index in [4.69, 9.17) is 4.74 Å². The molecule has 114 valence electrons. The Kier molecular flexibility index (Phi) is 9.98. The van der Waals surface area contributed by atoms with E-state index in [9.17, 15) is 0 Å². The summed E-state index contributed by atoms with van der Waals surface area (Å²) in [5, 5.41) is 3.46. The molecule has 0 heterocycles. The van der Waals surface area contributed by atoms with Gasteiger partial charge in [-0.3, -0.25) is 0 Å². The number of ether oxygens (including phenoxy) is 1. The predicted octanol–water partition coefficient (Wildman–Crippen LogP) is 5.09. The van der Waals surface area contributed by atoms with Gasteiger partial charge in [0.25, 0.3) is 0 Å². The molecule has 1 aromatic rings. The predicted molar refractivity (Wildman–Crippen MR) is 90.1 cm³/mol. The number of benzene rings is 1. The molecule has 20 heavy (non-hydrogen) atoms. The highest BCUT2D eigenvalue weighted by Gasteiger charge is 2.11. The lowest BCUT2D eigenvalue weighted by Gasteiger charge is -2.19. The zero-order valence-electron chi connectivity index (χ0n) is 12.8. The molecule has 2 nitrogen and oxygen atoms in total. The van der Waals surface area contributed by atoms with E-state index in [1.165, 1.54) is 24.8 Å². The van der Waals surface area contributed by atoms with Gasteiger partial charge in [0, 0.05) is 17.6 Å². The largest absolute Gasteiger partial charge is 0.372 e. The van der Waals surface area contributed by atoms with Crippen molar-refractivity contribution in [2.24, 2.45) is 0 Å². The molecule has 0 aliphatic heterocycles. The summed E-state index contributed by atoms with van der Waals surface area (Å²) in [5.41, 5.74) is 1.25. The third-order valence-electron chi connectivity index (χ3n) is 3.29. The van der Waals surface area contributed by atoms with Crippen LogP contribution in [0, 0.1) is 0 Å². The minimum absolute atomic E-state index is 0.153. The summed E-state index contributed by atoms with van der Waals surface area (Å²) in [6, 6.07) is 8.44. The number of rotatable bonds is 11. The summed E-state index contributed by atoms with van der Waals surface area (Å²) in [5.74, 6) is 0. The Labute approximate surface area is 132 Å². The van der Waals surface area contributed by atoms with Crippen molar-refractivity contribution in [2.45, 2.75) is 52.1 Å². The zero-order valence-corrected chi connectivity index (χ0v) is 14.4. The molecule has 1 aromatic carbocycles. The monoisotopic (exact) mass is 341 g/mol. The van der Waals surface area contributed by atoms with Crippen molar-refractivity contribution in [2.75, 3.05) is 19.7 Å². The molecular formula is C17H28BrNO. The van der Waals surface area contributed by atoms with E-state index in [1.54, 1.807) is 0 Å². The van der Waals surface area contributed by atoms with E-state index in [1.807, 2.05) is 0 Å². The Bertz CT molecular complexity index is 357. The summed E-state index contributed by atoms with van der Waals surface area (Å²) in [6.45, 7) is 7.21. The molecule has 1 atom stereocenters. The van der Waals surface area contributed by atoms with Gasteiger partial charge in [0.1, 0.15) is 0 Å². The molecule has 1 unspecified atom stereocenters. The van der Waals surface area contributed by atoms with Gasteiger partial charge in [-0.25, -0.2) is 0 Å². The van der Waals surface area contributed by atoms with E-state index in [2.05, 4.69) is 59.4 Å². The quantitative estimate of drug-likeness (QED) is 0.566. The molecule has 0 spiro atoms. The standard InChI is InChI=1S/C17H28BrNO/c1-3-5-6-7-12-20-17(14-19-11-4-2)15-9-8-10-16(18)13-15/h8-10,13,17,19H,3-7,11-12,14H2,1-2H3. The molecule has 0 aliphatic rings. The van der Waals surface area contributed by atoms with Crippen molar-refractivity contribution in [3.05, 3.63) is 34.3 Å². The summed E-state index contributed by atoms with van der Waals surface area (Å²) in [7, 11) is 0. The third-order valence-corrected chi connectivity index (χ3v) is 3.79. The third kappa shape index (κ3) is 7.41. The van der Waals surface area contributed by atoms with Crippen LogP contribution in [-0.2, 0) is 4.74 Å². The summed E-state index contributed by atoms with van der Waals surface area (Å²) < 4.78 is 7.21. The maximum Gasteiger partial charge on any atom is 0.0949 e. The van der Waals surface area contributed by atoms with Gasteiger partial charge in [-0.2, -0.15) is 0 Å². The highest BCUT2D eigenvalue weighted by molar-refractivity contribution is 9.10. The van der Waals surface area contributed by atoms with Crippen molar-refractivity contribution in [3.63, 3.8) is 0 Å². The highest BCUT2D eigenvalue weighted by Crippen LogP contribution is 2.21. The van der Waals surface area contributed by atoms with Crippen molar-refractivity contribution >= 4 is 15.9 Å². The van der Waals surface area contributed by atoms with Gasteiger partial charge in [-0.15, -0.1) is 0 Å². The molecular weight excluding hydrogens is 314 g/mol. The second kappa shape index (κ2) is 11.3. The average Bonchev–Trinajstić information content (AvgIpc) is 2.45. The van der Waals surface area contributed by atoms with Gasteiger partial charge in [-0.1, -0.05) is 61.2 Å². The van der Waals surface area contributed by atoms with Gasteiger partial charge in [0.15, 0.2) is 0 Å². The first kappa shape index (κ1) is 17.7. The first-order valence-electron chi connectivity index (χ1n) is 7.85. The topological polar surface area (TPSA) is 21.3 Å². The van der Waals surface area contributed by atoms with Crippen LogP contribution in [0.3, 0.4) is 0 Å². The van der Waals surface area contributed by atoms with Crippen LogP contribution in [0.4, 0.5) is 0 Å². The van der Waals surface area contributed by atoms with E-state index < -0.39 is 0 Å². The summed E-state index contributed by atoms with van der Waals surface area (Å²) in [4.78, 5) is 0. The molecule has 0 radical (unpaired) electrons. The Morgan fingerprint density at radius 2 is 2.00 bits per heavy atom.